The lowest BCUT2D eigenvalue weighted by Crippen LogP contribution is -2.26. The third kappa shape index (κ3) is 3.85. The highest BCUT2D eigenvalue weighted by Crippen LogP contribution is 2.30. The molecule has 0 saturated heterocycles. The minimum atomic E-state index is -0.399. The van der Waals surface area contributed by atoms with Crippen molar-refractivity contribution in [2.24, 2.45) is 0 Å². The van der Waals surface area contributed by atoms with Gasteiger partial charge in [0.15, 0.2) is 0 Å². The van der Waals surface area contributed by atoms with Crippen LogP contribution >= 0.6 is 11.3 Å². The minimum Gasteiger partial charge on any atom is -0.449 e. The molecule has 2 aromatic rings. The summed E-state index contributed by atoms with van der Waals surface area (Å²) in [6, 6.07) is 7.16. The number of ether oxygens (including phenoxy) is 1. The molecule has 132 valence electrons. The highest BCUT2D eigenvalue weighted by atomic mass is 32.1. The molecule has 0 saturated carbocycles. The van der Waals surface area contributed by atoms with Gasteiger partial charge in [-0.2, -0.15) is 0 Å². The second kappa shape index (κ2) is 7.70. The standard InChI is InChI=1S/C19H22N2O3S/c1-3-24-19(23)21(2)14-10-8-13(9-11-14)20-18(22)16-12-25-17-7-5-4-6-15(16)17/h8-12H,3-7H2,1-2H3,(H,20,22). The molecule has 1 aromatic heterocycles. The summed E-state index contributed by atoms with van der Waals surface area (Å²) in [5.74, 6) is -0.0640. The Morgan fingerprint density at radius 1 is 1.20 bits per heavy atom. The van der Waals surface area contributed by atoms with Crippen LogP contribution in [0.3, 0.4) is 0 Å². The van der Waals surface area contributed by atoms with Crippen molar-refractivity contribution in [2.45, 2.75) is 32.6 Å². The quantitative estimate of drug-likeness (QED) is 0.877. The van der Waals surface area contributed by atoms with Crippen molar-refractivity contribution in [3.63, 3.8) is 0 Å². The Morgan fingerprint density at radius 2 is 1.92 bits per heavy atom. The van der Waals surface area contributed by atoms with Crippen LogP contribution in [0.2, 0.25) is 0 Å². The predicted octanol–water partition coefficient (Wildman–Crippen LogP) is 4.47. The molecule has 25 heavy (non-hydrogen) atoms. The van der Waals surface area contributed by atoms with Crippen molar-refractivity contribution in [3.8, 4) is 0 Å². The molecular formula is C19H22N2O3S. The summed E-state index contributed by atoms with van der Waals surface area (Å²) in [6.07, 6.45) is 4.04. The van der Waals surface area contributed by atoms with E-state index < -0.39 is 6.09 Å². The Balaban J connectivity index is 1.68. The van der Waals surface area contributed by atoms with Crippen LogP contribution in [0.4, 0.5) is 16.2 Å². The van der Waals surface area contributed by atoms with Crippen LogP contribution in [0.5, 0.6) is 0 Å². The van der Waals surface area contributed by atoms with Gasteiger partial charge in [-0.25, -0.2) is 4.79 Å². The van der Waals surface area contributed by atoms with Crippen molar-refractivity contribution in [3.05, 3.63) is 45.6 Å². The number of hydrogen-bond donors (Lipinski definition) is 1. The molecule has 1 aliphatic rings. The van der Waals surface area contributed by atoms with E-state index in [0.29, 0.717) is 18.0 Å². The first kappa shape index (κ1) is 17.5. The minimum absolute atomic E-state index is 0.0640. The Morgan fingerprint density at radius 3 is 2.64 bits per heavy atom. The van der Waals surface area contributed by atoms with Gasteiger partial charge in [-0.1, -0.05) is 0 Å². The zero-order chi connectivity index (χ0) is 17.8. The van der Waals surface area contributed by atoms with E-state index in [-0.39, 0.29) is 5.91 Å². The molecule has 2 amide bonds. The molecule has 1 aliphatic carbocycles. The zero-order valence-electron chi connectivity index (χ0n) is 14.5. The van der Waals surface area contributed by atoms with E-state index in [1.807, 2.05) is 5.38 Å². The average Bonchev–Trinajstić information content (AvgIpc) is 3.06. The number of amides is 2. The van der Waals surface area contributed by atoms with E-state index in [1.54, 1.807) is 49.6 Å². The highest BCUT2D eigenvalue weighted by Gasteiger charge is 2.20. The SMILES string of the molecule is CCOC(=O)N(C)c1ccc(NC(=O)c2csc3c2CCCC3)cc1. The van der Waals surface area contributed by atoms with E-state index in [9.17, 15) is 9.59 Å². The van der Waals surface area contributed by atoms with Crippen LogP contribution in [0.1, 0.15) is 40.6 Å². The molecule has 3 rings (SSSR count). The number of benzene rings is 1. The summed E-state index contributed by atoms with van der Waals surface area (Å²) in [5.41, 5.74) is 3.44. The molecular weight excluding hydrogens is 336 g/mol. The smallest absolute Gasteiger partial charge is 0.413 e. The Kier molecular flexibility index (Phi) is 5.38. The van der Waals surface area contributed by atoms with Gasteiger partial charge >= 0.3 is 6.09 Å². The van der Waals surface area contributed by atoms with Gasteiger partial charge in [-0.05, 0) is 62.4 Å². The maximum atomic E-state index is 12.6. The van der Waals surface area contributed by atoms with Gasteiger partial charge in [-0.3, -0.25) is 9.69 Å². The molecule has 1 heterocycles. The van der Waals surface area contributed by atoms with Crippen LogP contribution in [0.25, 0.3) is 0 Å². The number of anilines is 2. The van der Waals surface area contributed by atoms with Gasteiger partial charge < -0.3 is 10.1 Å². The van der Waals surface area contributed by atoms with Crippen molar-refractivity contribution >= 4 is 34.7 Å². The van der Waals surface area contributed by atoms with E-state index in [0.717, 1.165) is 24.8 Å². The topological polar surface area (TPSA) is 58.6 Å². The molecule has 0 spiro atoms. The monoisotopic (exact) mass is 358 g/mol. The van der Waals surface area contributed by atoms with Gasteiger partial charge in [-0.15, -0.1) is 11.3 Å². The number of nitrogens with zero attached hydrogens (tertiary/aromatic N) is 1. The van der Waals surface area contributed by atoms with E-state index in [2.05, 4.69) is 5.32 Å². The summed E-state index contributed by atoms with van der Waals surface area (Å²) in [5, 5.41) is 4.91. The Labute approximate surface area is 151 Å². The van der Waals surface area contributed by atoms with Crippen LogP contribution in [-0.4, -0.2) is 25.7 Å². The lowest BCUT2D eigenvalue weighted by molar-refractivity contribution is 0.102. The lowest BCUT2D eigenvalue weighted by atomic mass is 9.95. The summed E-state index contributed by atoms with van der Waals surface area (Å²) in [7, 11) is 1.66. The van der Waals surface area contributed by atoms with Gasteiger partial charge in [0.1, 0.15) is 0 Å². The maximum Gasteiger partial charge on any atom is 0.413 e. The van der Waals surface area contributed by atoms with Gasteiger partial charge in [0.05, 0.1) is 12.2 Å². The largest absolute Gasteiger partial charge is 0.449 e. The van der Waals surface area contributed by atoms with E-state index >= 15 is 0 Å². The number of rotatable bonds is 4. The first-order chi connectivity index (χ1) is 12.1. The first-order valence-corrected chi connectivity index (χ1v) is 9.39. The molecule has 5 nitrogen and oxygen atoms in total. The molecule has 0 atom stereocenters. The number of fused-ring (bicyclic) bond motifs is 1. The molecule has 6 heteroatoms. The Hall–Kier alpha value is -2.34. The van der Waals surface area contributed by atoms with E-state index in [1.165, 1.54) is 21.8 Å². The van der Waals surface area contributed by atoms with Crippen molar-refractivity contribution in [1.29, 1.82) is 0 Å². The molecule has 0 fully saturated rings. The van der Waals surface area contributed by atoms with Crippen molar-refractivity contribution in [2.75, 3.05) is 23.9 Å². The molecule has 0 bridgehead atoms. The summed E-state index contributed by atoms with van der Waals surface area (Å²) < 4.78 is 4.97. The number of thiophene rings is 1. The Bertz CT molecular complexity index is 767. The number of hydrogen-bond acceptors (Lipinski definition) is 4. The number of carbonyl (C=O) groups excluding carboxylic acids is 2. The van der Waals surface area contributed by atoms with Crippen LogP contribution in [0, 0.1) is 0 Å². The van der Waals surface area contributed by atoms with Crippen LogP contribution < -0.4 is 10.2 Å². The molecule has 0 unspecified atom stereocenters. The van der Waals surface area contributed by atoms with Crippen LogP contribution in [0.15, 0.2) is 29.6 Å². The normalized spacial score (nSPS) is 13.0. The average molecular weight is 358 g/mol. The zero-order valence-corrected chi connectivity index (χ0v) is 15.3. The molecule has 1 aromatic carbocycles. The van der Waals surface area contributed by atoms with Crippen LogP contribution in [-0.2, 0) is 17.6 Å². The fourth-order valence-corrected chi connectivity index (χ4v) is 4.10. The first-order valence-electron chi connectivity index (χ1n) is 8.51. The third-order valence-electron chi connectivity index (χ3n) is 4.36. The lowest BCUT2D eigenvalue weighted by Gasteiger charge is -2.17. The van der Waals surface area contributed by atoms with Gasteiger partial charge in [0, 0.05) is 28.7 Å². The summed E-state index contributed by atoms with van der Waals surface area (Å²) in [6.45, 7) is 2.11. The molecule has 0 radical (unpaired) electrons. The number of carbonyl (C=O) groups is 2. The molecule has 0 aliphatic heterocycles. The molecule has 1 N–H and O–H groups in total. The predicted molar refractivity (Wildman–Crippen MR) is 101 cm³/mol. The summed E-state index contributed by atoms with van der Waals surface area (Å²) >= 11 is 1.69. The highest BCUT2D eigenvalue weighted by molar-refractivity contribution is 7.10. The fourth-order valence-electron chi connectivity index (χ4n) is 2.98. The van der Waals surface area contributed by atoms with Gasteiger partial charge in [0.2, 0.25) is 0 Å². The number of aryl methyl sites for hydroxylation is 1. The summed E-state index contributed by atoms with van der Waals surface area (Å²) in [4.78, 5) is 27.1. The fraction of sp³-hybridized carbons (Fsp3) is 0.368. The van der Waals surface area contributed by atoms with E-state index in [4.69, 9.17) is 4.74 Å². The third-order valence-corrected chi connectivity index (χ3v) is 5.45. The number of nitrogens with one attached hydrogen (secondary N) is 1. The van der Waals surface area contributed by atoms with Crippen molar-refractivity contribution in [1.82, 2.24) is 0 Å². The van der Waals surface area contributed by atoms with Crippen molar-refractivity contribution < 1.29 is 14.3 Å². The van der Waals surface area contributed by atoms with Gasteiger partial charge in [0.25, 0.3) is 5.91 Å². The maximum absolute atomic E-state index is 12.6. The second-order valence-corrected chi connectivity index (χ2v) is 6.98. The second-order valence-electron chi connectivity index (χ2n) is 6.02.